The summed E-state index contributed by atoms with van der Waals surface area (Å²) in [5.41, 5.74) is 2.66. The number of pyridine rings is 1. The van der Waals surface area contributed by atoms with Crippen LogP contribution in [-0.2, 0) is 6.54 Å². The van der Waals surface area contributed by atoms with Crippen molar-refractivity contribution in [3.63, 3.8) is 0 Å². The van der Waals surface area contributed by atoms with Gasteiger partial charge < -0.3 is 20.4 Å². The highest BCUT2D eigenvalue weighted by Gasteiger charge is 2.17. The van der Waals surface area contributed by atoms with Crippen molar-refractivity contribution in [3.8, 4) is 5.75 Å². The van der Waals surface area contributed by atoms with Gasteiger partial charge in [0.25, 0.3) is 5.91 Å². The minimum absolute atomic E-state index is 0.179. The number of nitrogens with one attached hydrogen (secondary N) is 3. The molecule has 2 aromatic heterocycles. The summed E-state index contributed by atoms with van der Waals surface area (Å²) in [5.74, 6) is 0.472. The smallest absolute Gasteiger partial charge is 0.255 e. The summed E-state index contributed by atoms with van der Waals surface area (Å²) < 4.78 is 5.40. The van der Waals surface area contributed by atoms with E-state index in [1.165, 1.54) is 7.11 Å². The van der Waals surface area contributed by atoms with E-state index in [9.17, 15) is 4.79 Å². The first-order valence-corrected chi connectivity index (χ1v) is 10.3. The summed E-state index contributed by atoms with van der Waals surface area (Å²) >= 11 is 18.5. The number of anilines is 2. The number of nitrogens with zero attached hydrogens (tertiary/aromatic N) is 2. The first kappa shape index (κ1) is 21.2. The van der Waals surface area contributed by atoms with Crippen LogP contribution >= 0.6 is 34.8 Å². The lowest BCUT2D eigenvalue weighted by atomic mass is 10.1. The second kappa shape index (κ2) is 9.01. The van der Waals surface area contributed by atoms with Crippen molar-refractivity contribution in [1.82, 2.24) is 20.3 Å². The Balaban J connectivity index is 1.61. The molecule has 10 heteroatoms. The molecule has 0 fully saturated rings. The molecule has 2 heterocycles. The molecule has 0 aliphatic carbocycles. The lowest BCUT2D eigenvalue weighted by molar-refractivity contribution is 0.0947. The summed E-state index contributed by atoms with van der Waals surface area (Å²) in [6.07, 6.45) is 1.61. The molecular weight excluding hydrogens is 461 g/mol. The van der Waals surface area contributed by atoms with E-state index in [2.05, 4.69) is 25.6 Å². The van der Waals surface area contributed by atoms with Crippen molar-refractivity contribution >= 4 is 63.4 Å². The number of aromatic amines is 1. The predicted molar refractivity (Wildman–Crippen MR) is 123 cm³/mol. The number of halogens is 3. The molecule has 7 nitrogen and oxygen atoms in total. The van der Waals surface area contributed by atoms with Crippen LogP contribution < -0.4 is 15.4 Å². The fourth-order valence-electron chi connectivity index (χ4n) is 2.99. The van der Waals surface area contributed by atoms with E-state index < -0.39 is 0 Å². The molecule has 0 unspecified atom stereocenters. The van der Waals surface area contributed by atoms with Crippen LogP contribution in [0.2, 0.25) is 15.1 Å². The van der Waals surface area contributed by atoms with Crippen molar-refractivity contribution in [2.75, 3.05) is 12.4 Å². The molecule has 1 amide bonds. The van der Waals surface area contributed by atoms with Gasteiger partial charge in [-0.05, 0) is 30.3 Å². The SMILES string of the molecule is COc1cc2[nH]c(Nc3c(Cl)cccc3Cl)nc2cc1C(=O)NCc1ncccc1Cl. The lowest BCUT2D eigenvalue weighted by Crippen LogP contribution is -2.24. The minimum atomic E-state index is -0.341. The van der Waals surface area contributed by atoms with E-state index in [0.717, 1.165) is 0 Å². The van der Waals surface area contributed by atoms with Crippen LogP contribution in [0, 0.1) is 0 Å². The zero-order chi connectivity index (χ0) is 22.0. The number of methoxy groups -OCH3 is 1. The van der Waals surface area contributed by atoms with E-state index >= 15 is 0 Å². The monoisotopic (exact) mass is 475 g/mol. The molecule has 0 aliphatic heterocycles. The Bertz CT molecular complexity index is 1260. The number of para-hydroxylation sites is 1. The van der Waals surface area contributed by atoms with Crippen molar-refractivity contribution in [2.24, 2.45) is 0 Å². The Morgan fingerprint density at radius 1 is 1.10 bits per heavy atom. The minimum Gasteiger partial charge on any atom is -0.496 e. The van der Waals surface area contributed by atoms with Gasteiger partial charge in [-0.3, -0.25) is 9.78 Å². The molecule has 3 N–H and O–H groups in total. The predicted octanol–water partition coefficient (Wildman–Crippen LogP) is 5.60. The first-order valence-electron chi connectivity index (χ1n) is 9.12. The molecule has 0 radical (unpaired) electrons. The molecule has 0 saturated heterocycles. The topological polar surface area (TPSA) is 91.9 Å². The number of amides is 1. The number of rotatable bonds is 6. The van der Waals surface area contributed by atoms with Gasteiger partial charge in [-0.25, -0.2) is 4.98 Å². The molecular formula is C21H16Cl3N5O2. The zero-order valence-electron chi connectivity index (χ0n) is 16.2. The molecule has 0 atom stereocenters. The Hall–Kier alpha value is -3.00. The lowest BCUT2D eigenvalue weighted by Gasteiger charge is -2.10. The molecule has 31 heavy (non-hydrogen) atoms. The van der Waals surface area contributed by atoms with Crippen LogP contribution in [-0.4, -0.2) is 28.0 Å². The van der Waals surface area contributed by atoms with Crippen molar-refractivity contribution in [2.45, 2.75) is 6.54 Å². The third kappa shape index (κ3) is 4.54. The average molecular weight is 477 g/mol. The standard InChI is InChI=1S/C21H16Cl3N5O2/c1-31-18-9-16-15(27-21(28-16)29-19-13(23)4-2-5-14(19)24)8-11(18)20(30)26-10-17-12(22)6-3-7-25-17/h2-9H,10H2,1H3,(H,26,30)(H2,27,28,29). The Morgan fingerprint density at radius 2 is 1.84 bits per heavy atom. The van der Waals surface area contributed by atoms with Gasteiger partial charge in [-0.2, -0.15) is 0 Å². The van der Waals surface area contributed by atoms with Crippen LogP contribution in [0.1, 0.15) is 16.1 Å². The van der Waals surface area contributed by atoms with Crippen molar-refractivity contribution in [1.29, 1.82) is 0 Å². The molecule has 2 aromatic carbocycles. The Morgan fingerprint density at radius 3 is 2.55 bits per heavy atom. The second-order valence-electron chi connectivity index (χ2n) is 6.49. The summed E-state index contributed by atoms with van der Waals surface area (Å²) in [4.78, 5) is 24.6. The van der Waals surface area contributed by atoms with Crippen LogP contribution in [0.3, 0.4) is 0 Å². The van der Waals surface area contributed by atoms with E-state index in [1.807, 2.05) is 0 Å². The number of hydrogen-bond donors (Lipinski definition) is 3. The highest BCUT2D eigenvalue weighted by molar-refractivity contribution is 6.39. The first-order chi connectivity index (χ1) is 15.0. The largest absolute Gasteiger partial charge is 0.496 e. The van der Waals surface area contributed by atoms with E-state index in [0.29, 0.717) is 54.7 Å². The fourth-order valence-corrected chi connectivity index (χ4v) is 3.67. The number of aromatic nitrogens is 3. The fraction of sp³-hybridized carbons (Fsp3) is 0.0952. The third-order valence-corrected chi connectivity index (χ3v) is 5.48. The number of fused-ring (bicyclic) bond motifs is 1. The van der Waals surface area contributed by atoms with Gasteiger partial charge in [-0.15, -0.1) is 0 Å². The number of hydrogen-bond acceptors (Lipinski definition) is 5. The van der Waals surface area contributed by atoms with Gasteiger partial charge in [0.05, 0.1) is 56.7 Å². The number of imidazole rings is 1. The van der Waals surface area contributed by atoms with Crippen LogP contribution in [0.15, 0.2) is 48.7 Å². The molecule has 0 aliphatic rings. The maximum absolute atomic E-state index is 12.8. The van der Waals surface area contributed by atoms with E-state index in [4.69, 9.17) is 39.5 Å². The van der Waals surface area contributed by atoms with Gasteiger partial charge in [0.2, 0.25) is 5.95 Å². The van der Waals surface area contributed by atoms with Gasteiger partial charge in [0, 0.05) is 12.3 Å². The number of ether oxygens (including phenoxy) is 1. The van der Waals surface area contributed by atoms with E-state index in [-0.39, 0.29) is 12.5 Å². The molecule has 0 saturated carbocycles. The maximum Gasteiger partial charge on any atom is 0.255 e. The zero-order valence-corrected chi connectivity index (χ0v) is 18.4. The highest BCUT2D eigenvalue weighted by Crippen LogP contribution is 2.33. The number of carbonyl (C=O) groups is 1. The molecule has 4 aromatic rings. The van der Waals surface area contributed by atoms with Crippen LogP contribution in [0.5, 0.6) is 5.75 Å². The quantitative estimate of drug-likeness (QED) is 0.337. The normalized spacial score (nSPS) is 10.8. The second-order valence-corrected chi connectivity index (χ2v) is 7.71. The number of benzene rings is 2. The molecule has 0 spiro atoms. The van der Waals surface area contributed by atoms with Crippen LogP contribution in [0.4, 0.5) is 11.6 Å². The summed E-state index contributed by atoms with van der Waals surface area (Å²) in [6, 6.07) is 12.0. The Labute approximate surface area is 192 Å². The van der Waals surface area contributed by atoms with Crippen molar-refractivity contribution < 1.29 is 9.53 Å². The number of H-pyrrole nitrogens is 1. The maximum atomic E-state index is 12.8. The Kier molecular flexibility index (Phi) is 6.18. The van der Waals surface area contributed by atoms with Gasteiger partial charge in [0.15, 0.2) is 0 Å². The van der Waals surface area contributed by atoms with Crippen molar-refractivity contribution in [3.05, 3.63) is 75.0 Å². The summed E-state index contributed by atoms with van der Waals surface area (Å²) in [6.45, 7) is 0.179. The van der Waals surface area contributed by atoms with Gasteiger partial charge in [-0.1, -0.05) is 40.9 Å². The summed E-state index contributed by atoms with van der Waals surface area (Å²) in [5, 5.41) is 7.27. The van der Waals surface area contributed by atoms with Gasteiger partial charge >= 0.3 is 0 Å². The number of carbonyl (C=O) groups excluding carboxylic acids is 1. The average Bonchev–Trinajstić information content (AvgIpc) is 3.16. The molecule has 158 valence electrons. The molecule has 4 rings (SSSR count). The summed E-state index contributed by atoms with van der Waals surface area (Å²) in [7, 11) is 1.49. The van der Waals surface area contributed by atoms with Crippen LogP contribution in [0.25, 0.3) is 11.0 Å². The van der Waals surface area contributed by atoms with E-state index in [1.54, 1.807) is 48.7 Å². The third-order valence-electron chi connectivity index (χ3n) is 4.50. The highest BCUT2D eigenvalue weighted by atomic mass is 35.5. The van der Waals surface area contributed by atoms with Gasteiger partial charge in [0.1, 0.15) is 5.75 Å². The molecule has 0 bridgehead atoms.